The van der Waals surface area contributed by atoms with Crippen molar-refractivity contribution in [3.8, 4) is 12.3 Å². The predicted molar refractivity (Wildman–Crippen MR) is 41.9 cm³/mol. The summed E-state index contributed by atoms with van der Waals surface area (Å²) < 4.78 is 0. The van der Waals surface area contributed by atoms with Gasteiger partial charge in [0.25, 0.3) is 0 Å². The maximum Gasteiger partial charge on any atom is 0.0173 e. The molecular weight excluding hydrogens is 108 g/mol. The zero-order chi connectivity index (χ0) is 7.28. The van der Waals surface area contributed by atoms with Gasteiger partial charge < -0.3 is 0 Å². The van der Waals surface area contributed by atoms with Crippen LogP contribution in [-0.2, 0) is 0 Å². The quantitative estimate of drug-likeness (QED) is 0.385. The summed E-state index contributed by atoms with van der Waals surface area (Å²) >= 11 is 0. The maximum absolute atomic E-state index is 5.05. The summed E-state index contributed by atoms with van der Waals surface area (Å²) in [6.45, 7) is 9.10. The Balaban J connectivity index is 4.16. The zero-order valence-electron chi connectivity index (χ0n) is 5.65. The topological polar surface area (TPSA) is 0 Å². The van der Waals surface area contributed by atoms with Gasteiger partial charge in [0.15, 0.2) is 0 Å². The second kappa shape index (κ2) is 3.74. The first-order chi connectivity index (χ1) is 4.20. The van der Waals surface area contributed by atoms with Gasteiger partial charge >= 0.3 is 0 Å². The first-order valence-electron chi connectivity index (χ1n) is 2.67. The molecule has 0 nitrogen and oxygen atoms in total. The zero-order valence-corrected chi connectivity index (χ0v) is 5.65. The Kier molecular flexibility index (Phi) is 3.23. The van der Waals surface area contributed by atoms with E-state index in [4.69, 9.17) is 6.42 Å². The molecule has 0 spiro atoms. The molecule has 0 aliphatic heterocycles. The first-order valence-corrected chi connectivity index (χ1v) is 2.67. The molecule has 0 fully saturated rings. The van der Waals surface area contributed by atoms with Crippen LogP contribution < -0.4 is 0 Å². The van der Waals surface area contributed by atoms with Gasteiger partial charge in [-0.1, -0.05) is 30.7 Å². The number of terminal acetylenes is 1. The van der Waals surface area contributed by atoms with Crippen LogP contribution in [0.25, 0.3) is 0 Å². The SMILES string of the molecule is C#CC(=C)C=C(C)C=C. The van der Waals surface area contributed by atoms with Crippen LogP contribution in [0.5, 0.6) is 0 Å². The highest BCUT2D eigenvalue weighted by atomic mass is 13.8. The lowest BCUT2D eigenvalue weighted by atomic mass is 10.2. The number of hydrogen-bond acceptors (Lipinski definition) is 0. The first kappa shape index (κ1) is 7.78. The molecule has 0 heterocycles. The van der Waals surface area contributed by atoms with Crippen LogP contribution >= 0.6 is 0 Å². The van der Waals surface area contributed by atoms with E-state index >= 15 is 0 Å². The lowest BCUT2D eigenvalue weighted by molar-refractivity contribution is 1.52. The molecule has 0 saturated carbocycles. The summed E-state index contributed by atoms with van der Waals surface area (Å²) in [5.41, 5.74) is 1.73. The Labute approximate surface area is 56.6 Å². The predicted octanol–water partition coefficient (Wildman–Crippen LogP) is 2.31. The van der Waals surface area contributed by atoms with Crippen LogP contribution in [-0.4, -0.2) is 0 Å². The average Bonchev–Trinajstić information content (AvgIpc) is 1.87. The van der Waals surface area contributed by atoms with Gasteiger partial charge in [-0.2, -0.15) is 0 Å². The van der Waals surface area contributed by atoms with Crippen LogP contribution in [0.15, 0.2) is 36.5 Å². The summed E-state index contributed by atoms with van der Waals surface area (Å²) in [6, 6.07) is 0. The normalized spacial score (nSPS) is 10.0. The lowest BCUT2D eigenvalue weighted by Crippen LogP contribution is -1.69. The smallest absolute Gasteiger partial charge is 0.0173 e. The Morgan fingerprint density at radius 2 is 2.22 bits per heavy atom. The van der Waals surface area contributed by atoms with Crippen molar-refractivity contribution >= 4 is 0 Å². The molecule has 46 valence electrons. The van der Waals surface area contributed by atoms with Gasteiger partial charge in [0.2, 0.25) is 0 Å². The van der Waals surface area contributed by atoms with E-state index < -0.39 is 0 Å². The summed E-state index contributed by atoms with van der Waals surface area (Å²) in [6.07, 6.45) is 8.60. The van der Waals surface area contributed by atoms with Gasteiger partial charge in [-0.05, 0) is 13.0 Å². The van der Waals surface area contributed by atoms with Crippen LogP contribution in [0, 0.1) is 12.3 Å². The Hall–Kier alpha value is -1.22. The highest BCUT2D eigenvalue weighted by molar-refractivity contribution is 5.37. The number of allylic oxidation sites excluding steroid dienone is 4. The molecule has 0 atom stereocenters. The molecule has 0 saturated heterocycles. The molecule has 0 unspecified atom stereocenters. The van der Waals surface area contributed by atoms with Crippen molar-refractivity contribution < 1.29 is 0 Å². The fraction of sp³-hybridized carbons (Fsp3) is 0.111. The molecule has 0 aliphatic rings. The van der Waals surface area contributed by atoms with Crippen molar-refractivity contribution in [2.24, 2.45) is 0 Å². The van der Waals surface area contributed by atoms with Gasteiger partial charge in [-0.3, -0.25) is 0 Å². The Morgan fingerprint density at radius 3 is 2.56 bits per heavy atom. The minimum Gasteiger partial charge on any atom is -0.115 e. The van der Waals surface area contributed by atoms with E-state index in [0.717, 1.165) is 5.57 Å². The number of rotatable bonds is 2. The Morgan fingerprint density at radius 1 is 1.67 bits per heavy atom. The largest absolute Gasteiger partial charge is 0.115 e. The second-order valence-corrected chi connectivity index (χ2v) is 1.76. The summed E-state index contributed by atoms with van der Waals surface area (Å²) in [4.78, 5) is 0. The van der Waals surface area contributed by atoms with Crippen LogP contribution in [0.1, 0.15) is 6.92 Å². The van der Waals surface area contributed by atoms with Crippen molar-refractivity contribution in [3.05, 3.63) is 36.5 Å². The Bertz CT molecular complexity index is 187. The lowest BCUT2D eigenvalue weighted by Gasteiger charge is -1.87. The third kappa shape index (κ3) is 3.37. The molecule has 0 rings (SSSR count). The van der Waals surface area contributed by atoms with Gasteiger partial charge in [-0.25, -0.2) is 0 Å². The van der Waals surface area contributed by atoms with E-state index in [1.165, 1.54) is 0 Å². The van der Waals surface area contributed by atoms with E-state index in [-0.39, 0.29) is 0 Å². The minimum absolute atomic E-state index is 0.687. The van der Waals surface area contributed by atoms with Gasteiger partial charge in [0.1, 0.15) is 0 Å². The fourth-order valence-electron chi connectivity index (χ4n) is 0.375. The van der Waals surface area contributed by atoms with Crippen LogP contribution in [0.4, 0.5) is 0 Å². The second-order valence-electron chi connectivity index (χ2n) is 1.76. The standard InChI is InChI=1S/C9H10/c1-5-8(3)7-9(4)6-2/h1,6-7H,2-3H2,4H3. The molecule has 0 bridgehead atoms. The third-order valence-corrected chi connectivity index (χ3v) is 0.909. The molecule has 0 aromatic rings. The number of hydrogen-bond donors (Lipinski definition) is 0. The third-order valence-electron chi connectivity index (χ3n) is 0.909. The van der Waals surface area contributed by atoms with Crippen molar-refractivity contribution in [2.45, 2.75) is 6.92 Å². The molecule has 9 heavy (non-hydrogen) atoms. The minimum atomic E-state index is 0.687. The highest BCUT2D eigenvalue weighted by Gasteiger charge is 1.80. The van der Waals surface area contributed by atoms with Crippen molar-refractivity contribution in [3.63, 3.8) is 0 Å². The molecule has 0 radical (unpaired) electrons. The van der Waals surface area contributed by atoms with Crippen molar-refractivity contribution in [1.29, 1.82) is 0 Å². The van der Waals surface area contributed by atoms with E-state index in [9.17, 15) is 0 Å². The van der Waals surface area contributed by atoms with E-state index in [1.807, 2.05) is 13.0 Å². The fourth-order valence-corrected chi connectivity index (χ4v) is 0.375. The summed E-state index contributed by atoms with van der Waals surface area (Å²) in [5.74, 6) is 2.41. The molecular formula is C9H10. The van der Waals surface area contributed by atoms with Gasteiger partial charge in [-0.15, -0.1) is 6.42 Å². The van der Waals surface area contributed by atoms with Crippen molar-refractivity contribution in [1.82, 2.24) is 0 Å². The molecule has 0 amide bonds. The van der Waals surface area contributed by atoms with Crippen LogP contribution in [0.3, 0.4) is 0 Å². The molecule has 0 heteroatoms. The molecule has 0 N–H and O–H groups in total. The molecule has 0 aliphatic carbocycles. The van der Waals surface area contributed by atoms with E-state index in [0.29, 0.717) is 5.57 Å². The maximum atomic E-state index is 5.05. The highest BCUT2D eigenvalue weighted by Crippen LogP contribution is 1.98. The van der Waals surface area contributed by atoms with Crippen LogP contribution in [0.2, 0.25) is 0 Å². The van der Waals surface area contributed by atoms with Gasteiger partial charge in [0.05, 0.1) is 0 Å². The monoisotopic (exact) mass is 118 g/mol. The summed E-state index contributed by atoms with van der Waals surface area (Å²) in [7, 11) is 0. The van der Waals surface area contributed by atoms with Crippen molar-refractivity contribution in [2.75, 3.05) is 0 Å². The molecule has 0 aromatic carbocycles. The van der Waals surface area contributed by atoms with E-state index in [2.05, 4.69) is 19.1 Å². The van der Waals surface area contributed by atoms with Gasteiger partial charge in [0, 0.05) is 5.57 Å². The summed E-state index contributed by atoms with van der Waals surface area (Å²) in [5, 5.41) is 0. The molecule has 0 aromatic heterocycles. The average molecular weight is 118 g/mol. The van der Waals surface area contributed by atoms with E-state index in [1.54, 1.807) is 6.08 Å².